The Morgan fingerprint density at radius 2 is 2.00 bits per heavy atom. The van der Waals surface area contributed by atoms with Crippen molar-refractivity contribution < 1.29 is 27.9 Å². The van der Waals surface area contributed by atoms with E-state index in [1.165, 1.54) is 11.8 Å². The van der Waals surface area contributed by atoms with Crippen molar-refractivity contribution in [1.82, 2.24) is 4.90 Å². The number of hydrogen-bond donors (Lipinski definition) is 2. The van der Waals surface area contributed by atoms with Crippen LogP contribution in [0, 0.1) is 17.5 Å². The monoisotopic (exact) mass is 320 g/mol. The first-order valence-electron chi connectivity index (χ1n) is 5.93. The quantitative estimate of drug-likeness (QED) is 0.819. The fourth-order valence-electron chi connectivity index (χ4n) is 1.86. The van der Waals surface area contributed by atoms with Crippen LogP contribution >= 0.6 is 11.8 Å². The van der Waals surface area contributed by atoms with Gasteiger partial charge in [-0.05, 0) is 12.1 Å². The molecule has 0 saturated carbocycles. The van der Waals surface area contributed by atoms with E-state index in [9.17, 15) is 22.8 Å². The maximum atomic E-state index is 13.5. The van der Waals surface area contributed by atoms with E-state index in [0.29, 0.717) is 11.8 Å². The fourth-order valence-corrected chi connectivity index (χ4v) is 2.90. The van der Waals surface area contributed by atoms with Gasteiger partial charge in [0, 0.05) is 18.1 Å². The van der Waals surface area contributed by atoms with Gasteiger partial charge in [-0.25, -0.2) is 22.8 Å². The van der Waals surface area contributed by atoms with Crippen LogP contribution in [0.3, 0.4) is 0 Å². The Hall–Kier alpha value is -1.90. The smallest absolute Gasteiger partial charge is 0.327 e. The van der Waals surface area contributed by atoms with Crippen molar-refractivity contribution in [1.29, 1.82) is 0 Å². The third kappa shape index (κ3) is 3.23. The van der Waals surface area contributed by atoms with Crippen LogP contribution in [0.5, 0.6) is 0 Å². The Labute approximate surface area is 122 Å². The highest BCUT2D eigenvalue weighted by Gasteiger charge is 2.32. The molecule has 1 atom stereocenters. The van der Waals surface area contributed by atoms with E-state index in [1.54, 1.807) is 0 Å². The van der Waals surface area contributed by atoms with Gasteiger partial charge in [-0.1, -0.05) is 0 Å². The third-order valence-corrected chi connectivity index (χ3v) is 3.97. The van der Waals surface area contributed by atoms with Gasteiger partial charge in [0.1, 0.15) is 6.04 Å². The fraction of sp³-hybridized carbons (Fsp3) is 0.333. The average Bonchev–Trinajstić information content (AvgIpc) is 2.47. The van der Waals surface area contributed by atoms with Gasteiger partial charge < -0.3 is 15.3 Å². The molecule has 114 valence electrons. The van der Waals surface area contributed by atoms with Gasteiger partial charge in [-0.3, -0.25) is 0 Å². The van der Waals surface area contributed by atoms with Gasteiger partial charge in [0.25, 0.3) is 0 Å². The lowest BCUT2D eigenvalue weighted by Crippen LogP contribution is -2.51. The minimum absolute atomic E-state index is 0.165. The number of carbonyl (C=O) groups excluding carboxylic acids is 1. The van der Waals surface area contributed by atoms with Crippen LogP contribution in [0.15, 0.2) is 12.1 Å². The molecule has 1 aliphatic heterocycles. The van der Waals surface area contributed by atoms with E-state index in [1.807, 2.05) is 0 Å². The molecule has 1 aliphatic rings. The number of carboxylic acids is 1. The van der Waals surface area contributed by atoms with Crippen LogP contribution in [0.4, 0.5) is 23.7 Å². The highest BCUT2D eigenvalue weighted by atomic mass is 32.2. The minimum atomic E-state index is -1.70. The van der Waals surface area contributed by atoms with Crippen molar-refractivity contribution in [3.63, 3.8) is 0 Å². The Morgan fingerprint density at radius 1 is 1.29 bits per heavy atom. The van der Waals surface area contributed by atoms with Gasteiger partial charge in [0.2, 0.25) is 0 Å². The number of urea groups is 1. The molecule has 0 aliphatic carbocycles. The van der Waals surface area contributed by atoms with Crippen molar-refractivity contribution in [2.24, 2.45) is 0 Å². The second kappa shape index (κ2) is 6.25. The summed E-state index contributed by atoms with van der Waals surface area (Å²) in [5.41, 5.74) is -0.540. The zero-order valence-corrected chi connectivity index (χ0v) is 11.4. The molecule has 9 heteroatoms. The molecular formula is C12H11F3N2O3S. The summed E-state index contributed by atoms with van der Waals surface area (Å²) in [5.74, 6) is -5.02. The number of hydrogen-bond acceptors (Lipinski definition) is 3. The number of carbonyl (C=O) groups is 2. The molecule has 1 heterocycles. The number of nitrogens with one attached hydrogen (secondary N) is 1. The number of thioether (sulfide) groups is 1. The number of benzene rings is 1. The molecule has 21 heavy (non-hydrogen) atoms. The minimum Gasteiger partial charge on any atom is -0.480 e. The maximum absolute atomic E-state index is 13.5. The predicted octanol–water partition coefficient (Wildman–Crippen LogP) is 2.14. The zero-order chi connectivity index (χ0) is 15.6. The Bertz CT molecular complexity index is 585. The summed E-state index contributed by atoms with van der Waals surface area (Å²) >= 11 is 1.38. The van der Waals surface area contributed by atoms with Gasteiger partial charge in [-0.15, -0.1) is 0 Å². The molecule has 0 aromatic heterocycles. The molecule has 1 aromatic rings. The summed E-state index contributed by atoms with van der Waals surface area (Å²) in [6.45, 7) is 0.165. The SMILES string of the molecule is O=C(O)C1CSCCN1C(=O)Nc1ccc(F)c(F)c1F. The number of rotatable bonds is 2. The molecule has 1 fully saturated rings. The zero-order valence-electron chi connectivity index (χ0n) is 10.6. The molecule has 2 rings (SSSR count). The van der Waals surface area contributed by atoms with Crippen molar-refractivity contribution in [3.05, 3.63) is 29.6 Å². The number of halogens is 3. The van der Waals surface area contributed by atoms with E-state index < -0.39 is 41.2 Å². The molecule has 0 bridgehead atoms. The van der Waals surface area contributed by atoms with Crippen LogP contribution in [-0.2, 0) is 4.79 Å². The van der Waals surface area contributed by atoms with Gasteiger partial charge in [0.05, 0.1) is 5.69 Å². The molecule has 1 aromatic carbocycles. The number of nitrogens with zero attached hydrogens (tertiary/aromatic N) is 1. The first kappa shape index (κ1) is 15.5. The van der Waals surface area contributed by atoms with Gasteiger partial charge in [-0.2, -0.15) is 11.8 Å². The number of aliphatic carboxylic acids is 1. The Balaban J connectivity index is 2.17. The highest BCUT2D eigenvalue weighted by Crippen LogP contribution is 2.22. The van der Waals surface area contributed by atoms with Crippen LogP contribution < -0.4 is 5.32 Å². The van der Waals surface area contributed by atoms with E-state index >= 15 is 0 Å². The number of carboxylic acid groups (broad SMARTS) is 1. The van der Waals surface area contributed by atoms with E-state index in [0.717, 1.165) is 11.0 Å². The van der Waals surface area contributed by atoms with Crippen LogP contribution in [0.25, 0.3) is 0 Å². The summed E-state index contributed by atoms with van der Waals surface area (Å²) in [6, 6.07) is -0.362. The highest BCUT2D eigenvalue weighted by molar-refractivity contribution is 7.99. The van der Waals surface area contributed by atoms with Crippen molar-refractivity contribution in [2.75, 3.05) is 23.4 Å². The van der Waals surface area contributed by atoms with E-state index in [2.05, 4.69) is 5.32 Å². The van der Waals surface area contributed by atoms with Crippen molar-refractivity contribution >= 4 is 29.4 Å². The van der Waals surface area contributed by atoms with E-state index in [4.69, 9.17) is 5.11 Å². The second-order valence-corrected chi connectivity index (χ2v) is 5.43. The summed E-state index contributed by atoms with van der Waals surface area (Å²) < 4.78 is 39.4. The molecule has 2 N–H and O–H groups in total. The second-order valence-electron chi connectivity index (χ2n) is 4.28. The molecule has 0 radical (unpaired) electrons. The Morgan fingerprint density at radius 3 is 2.67 bits per heavy atom. The number of amides is 2. The lowest BCUT2D eigenvalue weighted by molar-refractivity contribution is -0.141. The largest absolute Gasteiger partial charge is 0.480 e. The van der Waals surface area contributed by atoms with Crippen LogP contribution in [0.2, 0.25) is 0 Å². The topological polar surface area (TPSA) is 69.6 Å². The standard InChI is InChI=1S/C12H11F3N2O3S/c13-6-1-2-7(10(15)9(6)14)16-12(20)17-3-4-21-5-8(17)11(18)19/h1-2,8H,3-5H2,(H,16,20)(H,18,19). The first-order chi connectivity index (χ1) is 9.91. The lowest BCUT2D eigenvalue weighted by Gasteiger charge is -2.32. The maximum Gasteiger partial charge on any atom is 0.327 e. The summed E-state index contributed by atoms with van der Waals surface area (Å²) in [4.78, 5) is 24.1. The van der Waals surface area contributed by atoms with Crippen LogP contribution in [-0.4, -0.2) is 46.1 Å². The van der Waals surface area contributed by atoms with E-state index in [-0.39, 0.29) is 12.3 Å². The molecule has 0 spiro atoms. The summed E-state index contributed by atoms with van der Waals surface area (Å²) in [7, 11) is 0. The molecule has 5 nitrogen and oxygen atoms in total. The van der Waals surface area contributed by atoms with Crippen molar-refractivity contribution in [2.45, 2.75) is 6.04 Å². The lowest BCUT2D eigenvalue weighted by atomic mass is 10.2. The molecule has 1 saturated heterocycles. The molecular weight excluding hydrogens is 309 g/mol. The first-order valence-corrected chi connectivity index (χ1v) is 7.09. The van der Waals surface area contributed by atoms with Crippen molar-refractivity contribution in [3.8, 4) is 0 Å². The molecule has 2 amide bonds. The summed E-state index contributed by atoms with van der Waals surface area (Å²) in [6.07, 6.45) is 0. The van der Waals surface area contributed by atoms with Gasteiger partial charge >= 0.3 is 12.0 Å². The number of anilines is 1. The Kier molecular flexibility index (Phi) is 4.61. The average molecular weight is 320 g/mol. The van der Waals surface area contributed by atoms with Crippen LogP contribution in [0.1, 0.15) is 0 Å². The summed E-state index contributed by atoms with van der Waals surface area (Å²) in [5, 5.41) is 11.1. The normalized spacial score (nSPS) is 18.4. The van der Waals surface area contributed by atoms with Gasteiger partial charge in [0.15, 0.2) is 17.5 Å². The third-order valence-electron chi connectivity index (χ3n) is 2.95. The molecule has 1 unspecified atom stereocenters. The predicted molar refractivity (Wildman–Crippen MR) is 70.8 cm³/mol.